The van der Waals surface area contributed by atoms with E-state index in [1.54, 1.807) is 30.1 Å². The van der Waals surface area contributed by atoms with Crippen molar-refractivity contribution in [2.45, 2.75) is 31.0 Å². The minimum absolute atomic E-state index is 0.120. The maximum absolute atomic E-state index is 13.6. The van der Waals surface area contributed by atoms with Gasteiger partial charge in [-0.1, -0.05) is 11.6 Å². The van der Waals surface area contributed by atoms with Gasteiger partial charge in [0.1, 0.15) is 17.6 Å². The average molecular weight is 619 g/mol. The first-order valence-electron chi connectivity index (χ1n) is 13.0. The van der Waals surface area contributed by atoms with Gasteiger partial charge in [0, 0.05) is 47.6 Å². The van der Waals surface area contributed by atoms with Crippen molar-refractivity contribution in [2.24, 2.45) is 7.05 Å². The number of aromatic carboxylic acids is 1. The third-order valence-electron chi connectivity index (χ3n) is 6.78. The average Bonchev–Trinajstić information content (AvgIpc) is 3.59. The van der Waals surface area contributed by atoms with Crippen LogP contribution < -0.4 is 20.3 Å². The number of alkyl halides is 3. The number of anilines is 1. The number of rotatable bonds is 11. The molecule has 10 nitrogen and oxygen atoms in total. The predicted octanol–water partition coefficient (Wildman–Crippen LogP) is 5.17. The van der Waals surface area contributed by atoms with Crippen LogP contribution in [0, 0.1) is 0 Å². The van der Waals surface area contributed by atoms with Crippen LogP contribution in [0.5, 0.6) is 11.5 Å². The quantitative estimate of drug-likeness (QED) is 0.221. The first kappa shape index (κ1) is 30.0. The van der Waals surface area contributed by atoms with Crippen molar-refractivity contribution in [1.29, 1.82) is 0 Å². The highest BCUT2D eigenvalue weighted by Crippen LogP contribution is 2.40. The molecule has 1 fully saturated rings. The largest absolute Gasteiger partial charge is 0.495 e. The van der Waals surface area contributed by atoms with Crippen LogP contribution in [0.4, 0.5) is 18.9 Å². The lowest BCUT2D eigenvalue weighted by Crippen LogP contribution is -2.31. The Kier molecular flexibility index (Phi) is 8.38. The lowest BCUT2D eigenvalue weighted by Gasteiger charge is -2.21. The SMILES string of the molecule is COc1cn(C(Cc2ccn(C)n2)C2OC2Nc2ccc(C(=O)O)cc2)c(=O)cc1-c1cc(Cl)ccc1OCC(F)(F)F. The van der Waals surface area contributed by atoms with E-state index in [-0.39, 0.29) is 33.2 Å². The number of hydrogen-bond acceptors (Lipinski definition) is 7. The van der Waals surface area contributed by atoms with E-state index < -0.39 is 42.7 Å². The summed E-state index contributed by atoms with van der Waals surface area (Å²) in [5.41, 5.74) is 1.34. The lowest BCUT2D eigenvalue weighted by molar-refractivity contribution is -0.153. The second kappa shape index (κ2) is 12.0. The molecule has 1 saturated heterocycles. The third kappa shape index (κ3) is 7.12. The molecule has 0 radical (unpaired) electrons. The molecular formula is C29H26ClF3N4O6. The van der Waals surface area contributed by atoms with Crippen molar-refractivity contribution >= 4 is 23.3 Å². The molecule has 5 rings (SSSR count). The monoisotopic (exact) mass is 618 g/mol. The molecule has 3 atom stereocenters. The van der Waals surface area contributed by atoms with E-state index in [0.29, 0.717) is 17.8 Å². The lowest BCUT2D eigenvalue weighted by atomic mass is 10.0. The number of epoxide rings is 1. The van der Waals surface area contributed by atoms with Crippen LogP contribution in [0.2, 0.25) is 5.02 Å². The normalized spacial score (nSPS) is 16.9. The van der Waals surface area contributed by atoms with Gasteiger partial charge in [0.15, 0.2) is 12.8 Å². The van der Waals surface area contributed by atoms with E-state index in [1.807, 2.05) is 6.07 Å². The molecule has 14 heteroatoms. The number of nitrogens with one attached hydrogen (secondary N) is 1. The summed E-state index contributed by atoms with van der Waals surface area (Å²) < 4.78 is 58.4. The van der Waals surface area contributed by atoms with Crippen molar-refractivity contribution in [2.75, 3.05) is 19.0 Å². The Balaban J connectivity index is 1.48. The Hall–Kier alpha value is -4.49. The van der Waals surface area contributed by atoms with Gasteiger partial charge < -0.3 is 29.2 Å². The zero-order valence-corrected chi connectivity index (χ0v) is 23.6. The highest BCUT2D eigenvalue weighted by atomic mass is 35.5. The molecule has 4 aromatic rings. The van der Waals surface area contributed by atoms with Crippen LogP contribution in [-0.2, 0) is 18.2 Å². The van der Waals surface area contributed by atoms with Crippen LogP contribution in [0.1, 0.15) is 22.1 Å². The van der Waals surface area contributed by atoms with Gasteiger partial charge in [-0.25, -0.2) is 4.79 Å². The summed E-state index contributed by atoms with van der Waals surface area (Å²) >= 11 is 6.16. The summed E-state index contributed by atoms with van der Waals surface area (Å²) in [7, 11) is 3.14. The number of aromatic nitrogens is 3. The summed E-state index contributed by atoms with van der Waals surface area (Å²) in [6.07, 6.45) is -2.02. The molecule has 3 heterocycles. The number of hydrogen-bond donors (Lipinski definition) is 2. The second-order valence-electron chi connectivity index (χ2n) is 9.85. The highest BCUT2D eigenvalue weighted by Gasteiger charge is 2.46. The van der Waals surface area contributed by atoms with Crippen molar-refractivity contribution in [1.82, 2.24) is 14.3 Å². The van der Waals surface area contributed by atoms with E-state index in [0.717, 1.165) is 0 Å². The summed E-state index contributed by atoms with van der Waals surface area (Å²) in [5.74, 6) is -0.971. The molecule has 2 aromatic carbocycles. The number of halogens is 4. The fourth-order valence-corrected chi connectivity index (χ4v) is 4.90. The van der Waals surface area contributed by atoms with Crippen molar-refractivity contribution in [3.63, 3.8) is 0 Å². The number of benzene rings is 2. The van der Waals surface area contributed by atoms with Crippen LogP contribution in [0.25, 0.3) is 11.1 Å². The maximum Gasteiger partial charge on any atom is 0.422 e. The minimum Gasteiger partial charge on any atom is -0.495 e. The molecule has 2 aromatic heterocycles. The van der Waals surface area contributed by atoms with Gasteiger partial charge in [0.2, 0.25) is 0 Å². The molecule has 0 bridgehead atoms. The zero-order valence-electron chi connectivity index (χ0n) is 22.8. The molecule has 2 N–H and O–H groups in total. The van der Waals surface area contributed by atoms with Gasteiger partial charge in [-0.15, -0.1) is 0 Å². The molecule has 1 aliphatic heterocycles. The molecule has 3 unspecified atom stereocenters. The molecule has 0 spiro atoms. The molecule has 0 saturated carbocycles. The third-order valence-corrected chi connectivity index (χ3v) is 7.01. The number of carboxylic acid groups (broad SMARTS) is 1. The van der Waals surface area contributed by atoms with Gasteiger partial charge in [-0.2, -0.15) is 18.3 Å². The summed E-state index contributed by atoms with van der Waals surface area (Å²) in [4.78, 5) is 24.8. The van der Waals surface area contributed by atoms with Gasteiger partial charge in [0.25, 0.3) is 5.56 Å². The fraction of sp³-hybridized carbons (Fsp3) is 0.276. The number of aryl methyl sites for hydroxylation is 1. The molecule has 1 aliphatic rings. The van der Waals surface area contributed by atoms with Crippen molar-refractivity contribution in [3.8, 4) is 22.6 Å². The Morgan fingerprint density at radius 3 is 2.49 bits per heavy atom. The molecule has 43 heavy (non-hydrogen) atoms. The standard InChI is InChI=1S/C29H26ClF3N4O6/c1-36-10-9-19(35-36)12-22(26-27(43-26)34-18-6-3-16(4-7-18)28(39)40)37-14-24(41-2)21(13-25(37)38)20-11-17(30)5-8-23(20)42-15-29(31,32)33/h3-11,13-14,22,26-27,34H,12,15H2,1-2H3,(H,39,40). The van der Waals surface area contributed by atoms with Crippen molar-refractivity contribution in [3.05, 3.63) is 93.6 Å². The Bertz CT molecular complexity index is 1690. The maximum atomic E-state index is 13.6. The molecule has 226 valence electrons. The number of ether oxygens (including phenoxy) is 3. The summed E-state index contributed by atoms with van der Waals surface area (Å²) in [5, 5.41) is 17.0. The zero-order chi connectivity index (χ0) is 30.9. The number of carboxylic acids is 1. The summed E-state index contributed by atoms with van der Waals surface area (Å²) in [6, 6.07) is 12.7. The van der Waals surface area contributed by atoms with E-state index >= 15 is 0 Å². The van der Waals surface area contributed by atoms with Crippen molar-refractivity contribution < 1.29 is 37.3 Å². The number of nitrogens with zero attached hydrogens (tertiary/aromatic N) is 3. The van der Waals surface area contributed by atoms with Gasteiger partial charge in [0.05, 0.1) is 30.6 Å². The number of methoxy groups -OCH3 is 1. The number of carbonyl (C=O) groups is 1. The molecule has 0 aliphatic carbocycles. The Morgan fingerprint density at radius 1 is 1.14 bits per heavy atom. The van der Waals surface area contributed by atoms with Crippen LogP contribution >= 0.6 is 11.6 Å². The predicted molar refractivity (Wildman–Crippen MR) is 151 cm³/mol. The fourth-order valence-electron chi connectivity index (χ4n) is 4.72. The molecular weight excluding hydrogens is 593 g/mol. The second-order valence-corrected chi connectivity index (χ2v) is 10.3. The van der Waals surface area contributed by atoms with Gasteiger partial charge in [-0.05, 0) is 48.5 Å². The van der Waals surface area contributed by atoms with Crippen LogP contribution in [0.3, 0.4) is 0 Å². The first-order valence-corrected chi connectivity index (χ1v) is 13.3. The first-order chi connectivity index (χ1) is 20.4. The highest BCUT2D eigenvalue weighted by molar-refractivity contribution is 6.31. The minimum atomic E-state index is -4.57. The summed E-state index contributed by atoms with van der Waals surface area (Å²) in [6.45, 7) is -1.53. The smallest absolute Gasteiger partial charge is 0.422 e. The van der Waals surface area contributed by atoms with E-state index in [4.69, 9.17) is 30.9 Å². The Morgan fingerprint density at radius 2 is 1.86 bits per heavy atom. The molecule has 0 amide bonds. The van der Waals surface area contributed by atoms with E-state index in [1.165, 1.54) is 54.3 Å². The van der Waals surface area contributed by atoms with E-state index in [9.17, 15) is 22.8 Å². The Labute approximate surface area is 248 Å². The van der Waals surface area contributed by atoms with Crippen LogP contribution in [-0.4, -0.2) is 57.6 Å². The van der Waals surface area contributed by atoms with Gasteiger partial charge >= 0.3 is 12.1 Å². The van der Waals surface area contributed by atoms with Crippen LogP contribution in [0.15, 0.2) is 71.8 Å². The number of pyridine rings is 1. The van der Waals surface area contributed by atoms with Gasteiger partial charge in [-0.3, -0.25) is 9.48 Å². The van der Waals surface area contributed by atoms with E-state index in [2.05, 4.69) is 10.4 Å². The topological polar surface area (TPSA) is 120 Å².